The molecule has 1 saturated heterocycles. The summed E-state index contributed by atoms with van der Waals surface area (Å²) in [6.45, 7) is 0.316. The number of hydrogen-bond donors (Lipinski definition) is 1. The zero-order valence-electron chi connectivity index (χ0n) is 10.00. The molecule has 1 saturated carbocycles. The number of amides is 1. The lowest BCUT2D eigenvalue weighted by Gasteiger charge is -2.47. The molecule has 102 valence electrons. The van der Waals surface area contributed by atoms with Gasteiger partial charge in [0.1, 0.15) is 22.8 Å². The van der Waals surface area contributed by atoms with Crippen LogP contribution >= 0.6 is 15.9 Å². The Balaban J connectivity index is 1.79. The van der Waals surface area contributed by atoms with Crippen molar-refractivity contribution in [3.8, 4) is 0 Å². The van der Waals surface area contributed by atoms with Gasteiger partial charge in [-0.05, 0) is 30.9 Å². The van der Waals surface area contributed by atoms with Gasteiger partial charge in [-0.1, -0.05) is 15.9 Å². The Kier molecular flexibility index (Phi) is 2.90. The van der Waals surface area contributed by atoms with Crippen LogP contribution in [0.3, 0.4) is 0 Å². The minimum atomic E-state index is -0.890. The van der Waals surface area contributed by atoms with Crippen LogP contribution in [0, 0.1) is 17.6 Å². The number of rotatable bonds is 2. The van der Waals surface area contributed by atoms with E-state index in [1.165, 1.54) is 4.90 Å². The summed E-state index contributed by atoms with van der Waals surface area (Å²) in [5, 5.41) is 10.1. The van der Waals surface area contributed by atoms with Gasteiger partial charge in [-0.2, -0.15) is 0 Å². The maximum absolute atomic E-state index is 13.7. The van der Waals surface area contributed by atoms with Crippen LogP contribution in [0.15, 0.2) is 16.6 Å². The van der Waals surface area contributed by atoms with Crippen molar-refractivity contribution in [1.29, 1.82) is 0 Å². The first-order valence-electron chi connectivity index (χ1n) is 6.07. The van der Waals surface area contributed by atoms with Crippen LogP contribution in [-0.4, -0.2) is 34.6 Å². The summed E-state index contributed by atoms with van der Waals surface area (Å²) in [6.07, 6.45) is 1.92. The van der Waals surface area contributed by atoms with E-state index in [4.69, 9.17) is 0 Å². The van der Waals surface area contributed by atoms with Crippen LogP contribution in [0.2, 0.25) is 0 Å². The number of carbonyl (C=O) groups excluding carboxylic acids is 1. The van der Waals surface area contributed by atoms with Gasteiger partial charge in [0.15, 0.2) is 0 Å². The number of carbonyl (C=O) groups is 1. The molecule has 3 rings (SSSR count). The standard InChI is InChI=1S/C13H12BrF2NO2/c14-8-3-9(15)11(10(16)4-8)12(18)17-5-13(19,6-17)7-1-2-7/h3-4,7,19H,1-2,5-6H2. The van der Waals surface area contributed by atoms with Gasteiger partial charge >= 0.3 is 0 Å². The van der Waals surface area contributed by atoms with Gasteiger partial charge in [0, 0.05) is 4.47 Å². The van der Waals surface area contributed by atoms with Crippen molar-refractivity contribution in [2.75, 3.05) is 13.1 Å². The smallest absolute Gasteiger partial charge is 0.260 e. The first kappa shape index (κ1) is 13.0. The Morgan fingerprint density at radius 1 is 1.32 bits per heavy atom. The summed E-state index contributed by atoms with van der Waals surface area (Å²) < 4.78 is 27.6. The topological polar surface area (TPSA) is 40.5 Å². The monoisotopic (exact) mass is 331 g/mol. The molecular formula is C13H12BrF2NO2. The van der Waals surface area contributed by atoms with E-state index in [2.05, 4.69) is 15.9 Å². The Bertz CT molecular complexity index is 531. The molecule has 1 aliphatic carbocycles. The molecule has 1 N–H and O–H groups in total. The molecule has 2 aliphatic rings. The number of β-amino-alcohol motifs (C(OH)–C–C–N with tert-alkyl or cyclic N) is 1. The summed E-state index contributed by atoms with van der Waals surface area (Å²) in [4.78, 5) is 13.3. The third-order valence-corrected chi connectivity index (χ3v) is 4.23. The number of benzene rings is 1. The highest BCUT2D eigenvalue weighted by molar-refractivity contribution is 9.10. The van der Waals surface area contributed by atoms with Crippen molar-refractivity contribution in [1.82, 2.24) is 4.90 Å². The SMILES string of the molecule is O=C(c1c(F)cc(Br)cc1F)N1CC(O)(C2CC2)C1. The van der Waals surface area contributed by atoms with Crippen LogP contribution in [0.25, 0.3) is 0 Å². The van der Waals surface area contributed by atoms with Crippen molar-refractivity contribution in [3.05, 3.63) is 33.8 Å². The molecule has 0 atom stereocenters. The van der Waals surface area contributed by atoms with E-state index in [1.807, 2.05) is 0 Å². The number of halogens is 3. The molecule has 1 aromatic rings. The summed E-state index contributed by atoms with van der Waals surface area (Å²) >= 11 is 2.96. The summed E-state index contributed by atoms with van der Waals surface area (Å²) in [5.74, 6) is -2.25. The second-order valence-corrected chi connectivity index (χ2v) is 6.20. The molecule has 1 heterocycles. The summed E-state index contributed by atoms with van der Waals surface area (Å²) in [6, 6.07) is 2.12. The molecule has 0 aromatic heterocycles. The Hall–Kier alpha value is -1.01. The fourth-order valence-electron chi connectivity index (χ4n) is 2.54. The third kappa shape index (κ3) is 2.17. The molecule has 19 heavy (non-hydrogen) atoms. The van der Waals surface area contributed by atoms with Crippen LogP contribution in [0.4, 0.5) is 8.78 Å². The molecule has 0 bridgehead atoms. The first-order valence-corrected chi connectivity index (χ1v) is 6.86. The van der Waals surface area contributed by atoms with Crippen molar-refractivity contribution in [3.63, 3.8) is 0 Å². The van der Waals surface area contributed by atoms with E-state index in [0.29, 0.717) is 0 Å². The molecule has 3 nitrogen and oxygen atoms in total. The predicted octanol–water partition coefficient (Wildman–Crippen LogP) is 2.32. The van der Waals surface area contributed by atoms with Gasteiger partial charge in [0.05, 0.1) is 13.1 Å². The highest BCUT2D eigenvalue weighted by Gasteiger charge is 2.53. The highest BCUT2D eigenvalue weighted by atomic mass is 79.9. The second kappa shape index (κ2) is 4.24. The van der Waals surface area contributed by atoms with E-state index in [-0.39, 0.29) is 23.5 Å². The zero-order valence-corrected chi connectivity index (χ0v) is 11.6. The minimum Gasteiger partial charge on any atom is -0.386 e. The molecule has 0 unspecified atom stereocenters. The Morgan fingerprint density at radius 3 is 2.32 bits per heavy atom. The van der Waals surface area contributed by atoms with E-state index in [1.54, 1.807) is 0 Å². The number of hydrogen-bond acceptors (Lipinski definition) is 2. The lowest BCUT2D eigenvalue weighted by atomic mass is 9.88. The van der Waals surface area contributed by atoms with Gasteiger partial charge in [0.25, 0.3) is 5.91 Å². The Morgan fingerprint density at radius 2 is 1.84 bits per heavy atom. The Labute approximate surface area is 117 Å². The van der Waals surface area contributed by atoms with Crippen LogP contribution in [0.1, 0.15) is 23.2 Å². The van der Waals surface area contributed by atoms with Crippen molar-refractivity contribution in [2.45, 2.75) is 18.4 Å². The van der Waals surface area contributed by atoms with Crippen LogP contribution in [-0.2, 0) is 0 Å². The van der Waals surface area contributed by atoms with E-state index >= 15 is 0 Å². The van der Waals surface area contributed by atoms with E-state index in [9.17, 15) is 18.7 Å². The third-order valence-electron chi connectivity index (χ3n) is 3.77. The quantitative estimate of drug-likeness (QED) is 0.903. The van der Waals surface area contributed by atoms with Crippen molar-refractivity contribution >= 4 is 21.8 Å². The number of aliphatic hydroxyl groups is 1. The first-order chi connectivity index (χ1) is 8.90. The van der Waals surface area contributed by atoms with Gasteiger partial charge in [0.2, 0.25) is 0 Å². The maximum Gasteiger partial charge on any atom is 0.260 e. The largest absolute Gasteiger partial charge is 0.386 e. The fraction of sp³-hybridized carbons (Fsp3) is 0.462. The number of nitrogens with zero attached hydrogens (tertiary/aromatic N) is 1. The number of likely N-dealkylation sites (tertiary alicyclic amines) is 1. The molecule has 1 aliphatic heterocycles. The average Bonchev–Trinajstić information content (AvgIpc) is 3.06. The predicted molar refractivity (Wildman–Crippen MR) is 67.6 cm³/mol. The van der Waals surface area contributed by atoms with E-state index in [0.717, 1.165) is 25.0 Å². The summed E-state index contributed by atoms with van der Waals surface area (Å²) in [5.41, 5.74) is -1.40. The lowest BCUT2D eigenvalue weighted by Crippen LogP contribution is -2.64. The van der Waals surface area contributed by atoms with Gasteiger partial charge in [-0.15, -0.1) is 0 Å². The van der Waals surface area contributed by atoms with E-state index < -0.39 is 28.7 Å². The molecule has 1 amide bonds. The van der Waals surface area contributed by atoms with Crippen LogP contribution in [0.5, 0.6) is 0 Å². The lowest BCUT2D eigenvalue weighted by molar-refractivity contribution is -0.0960. The molecule has 1 aromatic carbocycles. The average molecular weight is 332 g/mol. The summed E-state index contributed by atoms with van der Waals surface area (Å²) in [7, 11) is 0. The molecule has 0 radical (unpaired) electrons. The van der Waals surface area contributed by atoms with Crippen molar-refractivity contribution in [2.24, 2.45) is 5.92 Å². The molecular weight excluding hydrogens is 320 g/mol. The van der Waals surface area contributed by atoms with Gasteiger partial charge in [-0.25, -0.2) is 8.78 Å². The molecule has 6 heteroatoms. The van der Waals surface area contributed by atoms with Gasteiger partial charge < -0.3 is 10.0 Å². The zero-order chi connectivity index (χ0) is 13.8. The van der Waals surface area contributed by atoms with Crippen LogP contribution < -0.4 is 0 Å². The minimum absolute atomic E-state index is 0.158. The highest BCUT2D eigenvalue weighted by Crippen LogP contribution is 2.44. The fourth-order valence-corrected chi connectivity index (χ4v) is 2.94. The second-order valence-electron chi connectivity index (χ2n) is 5.28. The molecule has 0 spiro atoms. The normalized spacial score (nSPS) is 21.2. The van der Waals surface area contributed by atoms with Crippen molar-refractivity contribution < 1.29 is 18.7 Å². The maximum atomic E-state index is 13.7. The van der Waals surface area contributed by atoms with Gasteiger partial charge in [-0.3, -0.25) is 4.79 Å². The molecule has 2 fully saturated rings.